The van der Waals surface area contributed by atoms with E-state index >= 15 is 0 Å². The highest BCUT2D eigenvalue weighted by atomic mass is 32.2. The Labute approximate surface area is 131 Å². The van der Waals surface area contributed by atoms with Crippen LogP contribution >= 0.6 is 24.0 Å². The van der Waals surface area contributed by atoms with E-state index < -0.39 is 17.5 Å². The Morgan fingerprint density at radius 3 is 2.52 bits per heavy atom. The van der Waals surface area contributed by atoms with Crippen molar-refractivity contribution in [3.63, 3.8) is 0 Å². The Kier molecular flexibility index (Phi) is 4.83. The van der Waals surface area contributed by atoms with Crippen LogP contribution in [0, 0.1) is 11.6 Å². The number of nitrogens with two attached hydrogens (primary N) is 1. The molecule has 1 heterocycles. The van der Waals surface area contributed by atoms with Crippen LogP contribution in [0.1, 0.15) is 23.2 Å². The van der Waals surface area contributed by atoms with Crippen LogP contribution < -0.4 is 5.73 Å². The quantitative estimate of drug-likeness (QED) is 0.866. The summed E-state index contributed by atoms with van der Waals surface area (Å²) in [7, 11) is 0. The summed E-state index contributed by atoms with van der Waals surface area (Å²) in [5.41, 5.74) is 5.55. The van der Waals surface area contributed by atoms with Crippen LogP contribution in [0.15, 0.2) is 18.2 Å². The minimum absolute atomic E-state index is 0.234. The fraction of sp³-hybridized carbons (Fsp3) is 0.429. The molecular formula is C14H16F2N2OS2. The van der Waals surface area contributed by atoms with Crippen LogP contribution in [0.2, 0.25) is 0 Å². The van der Waals surface area contributed by atoms with E-state index in [-0.39, 0.29) is 10.3 Å². The highest BCUT2D eigenvalue weighted by molar-refractivity contribution is 8.02. The summed E-state index contributed by atoms with van der Waals surface area (Å²) >= 11 is 6.68. The van der Waals surface area contributed by atoms with Gasteiger partial charge >= 0.3 is 0 Å². The van der Waals surface area contributed by atoms with Gasteiger partial charge in [-0.3, -0.25) is 4.79 Å². The fourth-order valence-corrected chi connectivity index (χ4v) is 3.70. The molecule has 1 aromatic rings. The van der Waals surface area contributed by atoms with Crippen LogP contribution in [0.4, 0.5) is 8.78 Å². The number of rotatable bonds is 3. The first-order valence-electron chi connectivity index (χ1n) is 6.49. The van der Waals surface area contributed by atoms with E-state index in [0.29, 0.717) is 30.9 Å². The molecule has 0 saturated carbocycles. The van der Waals surface area contributed by atoms with Crippen molar-refractivity contribution in [2.24, 2.45) is 5.73 Å². The van der Waals surface area contributed by atoms with Crippen LogP contribution in [0.3, 0.4) is 0 Å². The molecule has 2 rings (SSSR count). The summed E-state index contributed by atoms with van der Waals surface area (Å²) in [4.78, 5) is 14.2. The third-order valence-corrected chi connectivity index (χ3v) is 5.79. The fourth-order valence-electron chi connectivity index (χ4n) is 2.45. The van der Waals surface area contributed by atoms with Gasteiger partial charge in [-0.05, 0) is 37.3 Å². The van der Waals surface area contributed by atoms with Crippen LogP contribution in [-0.4, -0.2) is 39.9 Å². The summed E-state index contributed by atoms with van der Waals surface area (Å²) in [5.74, 6) is -1.83. The lowest BCUT2D eigenvalue weighted by molar-refractivity contribution is 0.0713. The molecule has 0 radical (unpaired) electrons. The normalized spacial score (nSPS) is 17.6. The predicted molar refractivity (Wildman–Crippen MR) is 84.5 cm³/mol. The van der Waals surface area contributed by atoms with Crippen molar-refractivity contribution in [3.8, 4) is 0 Å². The zero-order chi connectivity index (χ0) is 15.6. The predicted octanol–water partition coefficient (Wildman–Crippen LogP) is 2.59. The van der Waals surface area contributed by atoms with Gasteiger partial charge < -0.3 is 10.6 Å². The van der Waals surface area contributed by atoms with E-state index in [9.17, 15) is 13.6 Å². The average molecular weight is 330 g/mol. The highest BCUT2D eigenvalue weighted by Gasteiger charge is 2.38. The zero-order valence-electron chi connectivity index (χ0n) is 11.6. The van der Waals surface area contributed by atoms with Crippen molar-refractivity contribution in [2.75, 3.05) is 19.3 Å². The van der Waals surface area contributed by atoms with Gasteiger partial charge in [-0.2, -0.15) is 11.8 Å². The summed E-state index contributed by atoms with van der Waals surface area (Å²) in [5, 5.41) is 0. The van der Waals surface area contributed by atoms with Crippen LogP contribution in [0.25, 0.3) is 0 Å². The minimum atomic E-state index is -0.711. The van der Waals surface area contributed by atoms with Gasteiger partial charge in [-0.1, -0.05) is 12.2 Å². The van der Waals surface area contributed by atoms with Crippen molar-refractivity contribution in [3.05, 3.63) is 35.4 Å². The van der Waals surface area contributed by atoms with Crippen molar-refractivity contribution >= 4 is 34.9 Å². The van der Waals surface area contributed by atoms with Gasteiger partial charge in [0.15, 0.2) is 0 Å². The number of thiocarbonyl (C=S) groups is 1. The first-order valence-corrected chi connectivity index (χ1v) is 8.12. The Hall–Kier alpha value is -1.21. The minimum Gasteiger partial charge on any atom is -0.392 e. The molecule has 0 aromatic heterocycles. The number of likely N-dealkylation sites (tertiary alicyclic amines) is 1. The average Bonchev–Trinajstić information content (AvgIpc) is 2.49. The molecule has 7 heteroatoms. The molecule has 0 spiro atoms. The van der Waals surface area contributed by atoms with Crippen molar-refractivity contribution < 1.29 is 13.6 Å². The molecule has 1 fully saturated rings. The van der Waals surface area contributed by atoms with E-state index in [1.54, 1.807) is 11.8 Å². The van der Waals surface area contributed by atoms with E-state index in [1.807, 2.05) is 6.26 Å². The monoisotopic (exact) mass is 330 g/mol. The second kappa shape index (κ2) is 6.27. The summed E-state index contributed by atoms with van der Waals surface area (Å²) in [6.07, 6.45) is 3.17. The number of carbonyl (C=O) groups is 1. The molecule has 0 aliphatic carbocycles. The van der Waals surface area contributed by atoms with Gasteiger partial charge in [-0.15, -0.1) is 0 Å². The first kappa shape index (κ1) is 16.2. The molecule has 1 aromatic carbocycles. The standard InChI is InChI=1S/C14H16F2N2OS2/c1-21-14(13(17)20)4-6-18(7-5-14)12(19)10-8-9(15)2-3-11(10)16/h2-3,8H,4-7H2,1H3,(H2,17,20). The smallest absolute Gasteiger partial charge is 0.256 e. The van der Waals surface area contributed by atoms with E-state index in [2.05, 4.69) is 0 Å². The number of thioether (sulfide) groups is 1. The summed E-state index contributed by atoms with van der Waals surface area (Å²) in [6.45, 7) is 0.847. The number of hydrogen-bond acceptors (Lipinski definition) is 3. The Balaban J connectivity index is 2.13. The van der Waals surface area contributed by atoms with Crippen LogP contribution in [0.5, 0.6) is 0 Å². The third-order valence-electron chi connectivity index (χ3n) is 3.86. The molecule has 1 amide bonds. The molecule has 1 saturated heterocycles. The van der Waals surface area contributed by atoms with Crippen molar-refractivity contribution in [1.82, 2.24) is 4.90 Å². The van der Waals surface area contributed by atoms with Gasteiger partial charge in [0.05, 0.1) is 15.3 Å². The van der Waals surface area contributed by atoms with Gasteiger partial charge in [0.2, 0.25) is 0 Å². The summed E-state index contributed by atoms with van der Waals surface area (Å²) in [6, 6.07) is 2.89. The molecule has 114 valence electrons. The molecule has 1 aliphatic heterocycles. The molecule has 3 nitrogen and oxygen atoms in total. The molecule has 21 heavy (non-hydrogen) atoms. The molecule has 0 bridgehead atoms. The number of carbonyl (C=O) groups excluding carboxylic acids is 1. The molecule has 2 N–H and O–H groups in total. The van der Waals surface area contributed by atoms with Gasteiger partial charge in [0, 0.05) is 13.1 Å². The number of benzene rings is 1. The lowest BCUT2D eigenvalue weighted by atomic mass is 9.95. The SMILES string of the molecule is CSC1(C(N)=S)CCN(C(=O)c2cc(F)ccc2F)CC1. The van der Waals surface area contributed by atoms with Gasteiger partial charge in [0.1, 0.15) is 11.6 Å². The Bertz CT molecular complexity index is 572. The first-order chi connectivity index (χ1) is 9.89. The maximum atomic E-state index is 13.7. The molecule has 0 unspecified atom stereocenters. The van der Waals surface area contributed by atoms with Crippen molar-refractivity contribution in [1.29, 1.82) is 0 Å². The van der Waals surface area contributed by atoms with Crippen LogP contribution in [-0.2, 0) is 0 Å². The number of amides is 1. The molecular weight excluding hydrogens is 314 g/mol. The van der Waals surface area contributed by atoms with Crippen molar-refractivity contribution in [2.45, 2.75) is 17.6 Å². The second-order valence-electron chi connectivity index (χ2n) is 4.98. The topological polar surface area (TPSA) is 46.3 Å². The lowest BCUT2D eigenvalue weighted by Gasteiger charge is -2.40. The van der Waals surface area contributed by atoms with Gasteiger partial charge in [-0.25, -0.2) is 8.78 Å². The highest BCUT2D eigenvalue weighted by Crippen LogP contribution is 2.35. The maximum absolute atomic E-state index is 13.7. The number of halogens is 2. The zero-order valence-corrected chi connectivity index (χ0v) is 13.2. The van der Waals surface area contributed by atoms with E-state index in [4.69, 9.17) is 18.0 Å². The second-order valence-corrected chi connectivity index (χ2v) is 6.61. The third kappa shape index (κ3) is 3.18. The van der Waals surface area contributed by atoms with E-state index in [1.165, 1.54) is 4.90 Å². The lowest BCUT2D eigenvalue weighted by Crippen LogP contribution is -2.50. The Morgan fingerprint density at radius 1 is 1.38 bits per heavy atom. The molecule has 1 aliphatic rings. The van der Waals surface area contributed by atoms with Gasteiger partial charge in [0.25, 0.3) is 5.91 Å². The number of piperidine rings is 1. The molecule has 0 atom stereocenters. The summed E-state index contributed by atoms with van der Waals surface area (Å²) < 4.78 is 26.5. The van der Waals surface area contributed by atoms with E-state index in [0.717, 1.165) is 18.2 Å². The largest absolute Gasteiger partial charge is 0.392 e. The number of nitrogens with zero attached hydrogens (tertiary/aromatic N) is 1. The number of hydrogen-bond donors (Lipinski definition) is 1. The Morgan fingerprint density at radius 2 is 2.00 bits per heavy atom. The maximum Gasteiger partial charge on any atom is 0.256 e.